The average Bonchev–Trinajstić information content (AvgIpc) is 2.86. The highest BCUT2D eigenvalue weighted by Crippen LogP contribution is 2.27. The van der Waals surface area contributed by atoms with Gasteiger partial charge < -0.3 is 10.6 Å². The molecule has 0 radical (unpaired) electrons. The summed E-state index contributed by atoms with van der Waals surface area (Å²) in [5.74, 6) is 0.806. The Balaban J connectivity index is 2.28. The van der Waals surface area contributed by atoms with Crippen LogP contribution < -0.4 is 5.73 Å². The Labute approximate surface area is 108 Å². The monoisotopic (exact) mass is 240 g/mol. The lowest BCUT2D eigenvalue weighted by molar-refractivity contribution is 0.224. The van der Waals surface area contributed by atoms with E-state index in [1.807, 2.05) is 0 Å². The second-order valence-electron chi connectivity index (χ2n) is 5.72. The van der Waals surface area contributed by atoms with Crippen molar-refractivity contribution in [2.24, 2.45) is 11.7 Å². The van der Waals surface area contributed by atoms with Crippen LogP contribution in [0.4, 0.5) is 0 Å². The van der Waals surface area contributed by atoms with E-state index in [0.717, 1.165) is 12.5 Å². The van der Waals surface area contributed by atoms with E-state index in [-0.39, 0.29) is 0 Å². The minimum Gasteiger partial charge on any atom is -0.326 e. The van der Waals surface area contributed by atoms with Crippen molar-refractivity contribution in [1.29, 1.82) is 0 Å². The lowest BCUT2D eigenvalue weighted by Crippen LogP contribution is -2.42. The third-order valence-electron chi connectivity index (χ3n) is 4.13. The molecule has 1 aliphatic rings. The van der Waals surface area contributed by atoms with Crippen LogP contribution in [-0.2, 0) is 0 Å². The zero-order valence-corrected chi connectivity index (χ0v) is 12.0. The minimum atomic E-state index is 0.422. The molecular weight excluding hydrogens is 208 g/mol. The average molecular weight is 240 g/mol. The second-order valence-corrected chi connectivity index (χ2v) is 5.72. The first-order chi connectivity index (χ1) is 8.27. The summed E-state index contributed by atoms with van der Waals surface area (Å²) in [5, 5.41) is 0. The maximum absolute atomic E-state index is 6.38. The first kappa shape index (κ1) is 15.0. The Bertz CT molecular complexity index is 168. The molecule has 102 valence electrons. The van der Waals surface area contributed by atoms with E-state index in [1.165, 1.54) is 64.5 Å². The Morgan fingerprint density at radius 2 is 1.59 bits per heavy atom. The maximum Gasteiger partial charge on any atom is 0.0196 e. The topological polar surface area (TPSA) is 29.3 Å². The molecule has 1 unspecified atom stereocenters. The van der Waals surface area contributed by atoms with Crippen LogP contribution >= 0.6 is 0 Å². The van der Waals surface area contributed by atoms with Crippen molar-refractivity contribution in [3.05, 3.63) is 0 Å². The summed E-state index contributed by atoms with van der Waals surface area (Å²) in [4.78, 5) is 2.61. The first-order valence-corrected chi connectivity index (χ1v) is 7.75. The molecule has 0 saturated heterocycles. The number of hydrogen-bond acceptors (Lipinski definition) is 2. The molecule has 1 rings (SSSR count). The lowest BCUT2D eigenvalue weighted by atomic mass is 9.98. The second kappa shape index (κ2) is 8.93. The third kappa shape index (κ3) is 5.87. The fourth-order valence-electron chi connectivity index (χ4n) is 2.89. The number of rotatable bonds is 9. The van der Waals surface area contributed by atoms with Gasteiger partial charge in [0.2, 0.25) is 0 Å². The van der Waals surface area contributed by atoms with Crippen LogP contribution in [0.1, 0.15) is 65.2 Å². The van der Waals surface area contributed by atoms with Crippen molar-refractivity contribution in [3.8, 4) is 0 Å². The van der Waals surface area contributed by atoms with Crippen molar-refractivity contribution in [1.82, 2.24) is 4.90 Å². The summed E-state index contributed by atoms with van der Waals surface area (Å²) in [6, 6.07) is 0.422. The van der Waals surface area contributed by atoms with Gasteiger partial charge >= 0.3 is 0 Å². The van der Waals surface area contributed by atoms with Gasteiger partial charge in [-0.15, -0.1) is 0 Å². The molecule has 0 bridgehead atoms. The summed E-state index contributed by atoms with van der Waals surface area (Å²) in [6.07, 6.45) is 10.8. The number of hydrogen-bond donors (Lipinski definition) is 1. The maximum atomic E-state index is 6.38. The van der Waals surface area contributed by atoms with Gasteiger partial charge in [-0.3, -0.25) is 0 Å². The Morgan fingerprint density at radius 3 is 2.06 bits per heavy atom. The van der Waals surface area contributed by atoms with Gasteiger partial charge in [-0.25, -0.2) is 0 Å². The van der Waals surface area contributed by atoms with Crippen molar-refractivity contribution >= 4 is 0 Å². The summed E-state index contributed by atoms with van der Waals surface area (Å²) in [6.45, 7) is 8.17. The van der Waals surface area contributed by atoms with Crippen LogP contribution in [0.5, 0.6) is 0 Å². The highest BCUT2D eigenvalue weighted by Gasteiger charge is 2.23. The zero-order chi connectivity index (χ0) is 12.5. The SMILES string of the molecule is CCCCN(CCCC)CC(N)C1CCCC1. The summed E-state index contributed by atoms with van der Waals surface area (Å²) < 4.78 is 0. The molecule has 1 saturated carbocycles. The number of unbranched alkanes of at least 4 members (excludes halogenated alkanes) is 2. The number of nitrogens with two attached hydrogens (primary N) is 1. The zero-order valence-electron chi connectivity index (χ0n) is 12.0. The molecule has 1 aliphatic carbocycles. The van der Waals surface area contributed by atoms with Crippen molar-refractivity contribution in [2.75, 3.05) is 19.6 Å². The molecular formula is C15H32N2. The molecule has 1 atom stereocenters. The van der Waals surface area contributed by atoms with Crippen molar-refractivity contribution in [3.63, 3.8) is 0 Å². The lowest BCUT2D eigenvalue weighted by Gasteiger charge is -2.28. The Morgan fingerprint density at radius 1 is 1.06 bits per heavy atom. The Kier molecular flexibility index (Phi) is 7.87. The summed E-state index contributed by atoms with van der Waals surface area (Å²) in [7, 11) is 0. The highest BCUT2D eigenvalue weighted by atomic mass is 15.1. The molecule has 2 heteroatoms. The molecule has 0 aromatic heterocycles. The normalized spacial score (nSPS) is 19.1. The van der Waals surface area contributed by atoms with Crippen LogP contribution in [0, 0.1) is 5.92 Å². The first-order valence-electron chi connectivity index (χ1n) is 7.75. The van der Waals surface area contributed by atoms with Crippen LogP contribution in [0.15, 0.2) is 0 Å². The van der Waals surface area contributed by atoms with E-state index >= 15 is 0 Å². The molecule has 0 aromatic rings. The molecule has 0 amide bonds. The van der Waals surface area contributed by atoms with Crippen LogP contribution in [-0.4, -0.2) is 30.6 Å². The van der Waals surface area contributed by atoms with Gasteiger partial charge in [0.25, 0.3) is 0 Å². The van der Waals surface area contributed by atoms with Gasteiger partial charge in [0, 0.05) is 12.6 Å². The van der Waals surface area contributed by atoms with Gasteiger partial charge in [0.15, 0.2) is 0 Å². The van der Waals surface area contributed by atoms with E-state index in [1.54, 1.807) is 0 Å². The van der Waals surface area contributed by atoms with E-state index in [4.69, 9.17) is 5.73 Å². The quantitative estimate of drug-likeness (QED) is 0.669. The van der Waals surface area contributed by atoms with Gasteiger partial charge in [-0.2, -0.15) is 0 Å². The van der Waals surface area contributed by atoms with Gasteiger partial charge in [0.1, 0.15) is 0 Å². The molecule has 2 nitrogen and oxygen atoms in total. The van der Waals surface area contributed by atoms with Crippen LogP contribution in [0.2, 0.25) is 0 Å². The predicted molar refractivity (Wildman–Crippen MR) is 76.2 cm³/mol. The van der Waals surface area contributed by atoms with E-state index in [9.17, 15) is 0 Å². The summed E-state index contributed by atoms with van der Waals surface area (Å²) in [5.41, 5.74) is 6.38. The highest BCUT2D eigenvalue weighted by molar-refractivity contribution is 4.80. The minimum absolute atomic E-state index is 0.422. The van der Waals surface area contributed by atoms with E-state index < -0.39 is 0 Å². The number of nitrogens with zero attached hydrogens (tertiary/aromatic N) is 1. The van der Waals surface area contributed by atoms with Crippen LogP contribution in [0.25, 0.3) is 0 Å². The van der Waals surface area contributed by atoms with Crippen molar-refractivity contribution < 1.29 is 0 Å². The Hall–Kier alpha value is -0.0800. The molecule has 0 aromatic carbocycles. The molecule has 2 N–H and O–H groups in total. The summed E-state index contributed by atoms with van der Waals surface area (Å²) >= 11 is 0. The largest absolute Gasteiger partial charge is 0.326 e. The molecule has 0 heterocycles. The standard InChI is InChI=1S/C15H32N2/c1-3-5-11-17(12-6-4-2)13-15(16)14-9-7-8-10-14/h14-15H,3-13,16H2,1-2H3. The molecule has 0 aliphatic heterocycles. The third-order valence-corrected chi connectivity index (χ3v) is 4.13. The molecule has 0 spiro atoms. The molecule has 1 fully saturated rings. The van der Waals surface area contributed by atoms with Crippen LogP contribution in [0.3, 0.4) is 0 Å². The van der Waals surface area contributed by atoms with Gasteiger partial charge in [-0.05, 0) is 44.7 Å². The predicted octanol–water partition coefficient (Wildman–Crippen LogP) is 3.41. The van der Waals surface area contributed by atoms with Crippen molar-refractivity contribution in [2.45, 2.75) is 71.3 Å². The fourth-order valence-corrected chi connectivity index (χ4v) is 2.89. The molecule has 17 heavy (non-hydrogen) atoms. The smallest absolute Gasteiger partial charge is 0.0196 e. The van der Waals surface area contributed by atoms with Gasteiger partial charge in [0.05, 0.1) is 0 Å². The van der Waals surface area contributed by atoms with Gasteiger partial charge in [-0.1, -0.05) is 39.5 Å². The van der Waals surface area contributed by atoms with E-state index in [2.05, 4.69) is 18.7 Å². The fraction of sp³-hybridized carbons (Fsp3) is 1.00. The van der Waals surface area contributed by atoms with E-state index in [0.29, 0.717) is 6.04 Å².